The number of hydrogen-bond donors (Lipinski definition) is 1. The fourth-order valence-electron chi connectivity index (χ4n) is 2.86. The first kappa shape index (κ1) is 16.8. The van der Waals surface area contributed by atoms with E-state index in [4.69, 9.17) is 11.6 Å². The van der Waals surface area contributed by atoms with E-state index in [1.54, 1.807) is 6.08 Å². The van der Waals surface area contributed by atoms with Crippen molar-refractivity contribution in [1.82, 2.24) is 5.32 Å². The summed E-state index contributed by atoms with van der Waals surface area (Å²) in [5.74, 6) is -0.280. The molecule has 0 aliphatic heterocycles. The number of nitriles is 1. The van der Waals surface area contributed by atoms with Gasteiger partial charge in [0.15, 0.2) is 0 Å². The lowest BCUT2D eigenvalue weighted by Crippen LogP contribution is -2.33. The monoisotopic (exact) mass is 356 g/mol. The van der Waals surface area contributed by atoms with Crippen molar-refractivity contribution in [1.29, 1.82) is 5.26 Å². The first-order chi connectivity index (χ1) is 11.7. The van der Waals surface area contributed by atoms with Crippen LogP contribution in [-0.4, -0.2) is 11.9 Å². The lowest BCUT2D eigenvalue weighted by atomic mass is 10.2. The Morgan fingerprint density at radius 1 is 1.25 bits per heavy atom. The maximum atomic E-state index is 12.2. The van der Waals surface area contributed by atoms with Gasteiger partial charge < -0.3 is 5.32 Å². The highest BCUT2D eigenvalue weighted by molar-refractivity contribution is 7.16. The maximum absolute atomic E-state index is 12.2. The van der Waals surface area contributed by atoms with Crippen LogP contribution in [0.15, 0.2) is 42.0 Å². The van der Waals surface area contributed by atoms with E-state index in [1.165, 1.54) is 11.3 Å². The first-order valence-electron chi connectivity index (χ1n) is 7.95. The van der Waals surface area contributed by atoms with E-state index in [9.17, 15) is 10.1 Å². The standard InChI is InChI=1S/C19H17ClN2OS/c20-17-8-4-3-7-16(17)18-10-9-15(24-18)11-13(12-21)19(23)22-14-5-1-2-6-14/h3-4,7-11,14H,1-2,5-6H2,(H,22,23)/b13-11+. The van der Waals surface area contributed by atoms with Crippen LogP contribution in [0.5, 0.6) is 0 Å². The van der Waals surface area contributed by atoms with Crippen molar-refractivity contribution in [2.45, 2.75) is 31.7 Å². The van der Waals surface area contributed by atoms with E-state index in [2.05, 4.69) is 5.32 Å². The smallest absolute Gasteiger partial charge is 0.262 e. The van der Waals surface area contributed by atoms with Gasteiger partial charge in [0.1, 0.15) is 11.6 Å². The summed E-state index contributed by atoms with van der Waals surface area (Å²) in [6.45, 7) is 0. The zero-order chi connectivity index (χ0) is 16.9. The lowest BCUT2D eigenvalue weighted by molar-refractivity contribution is -0.117. The molecular weight excluding hydrogens is 340 g/mol. The van der Waals surface area contributed by atoms with E-state index in [0.717, 1.165) is 41.0 Å². The molecule has 1 aliphatic carbocycles. The lowest BCUT2D eigenvalue weighted by Gasteiger charge is -2.10. The number of nitrogens with zero attached hydrogens (tertiary/aromatic N) is 1. The van der Waals surface area contributed by atoms with Crippen LogP contribution in [-0.2, 0) is 4.79 Å². The average molecular weight is 357 g/mol. The molecule has 1 saturated carbocycles. The topological polar surface area (TPSA) is 52.9 Å². The second kappa shape index (κ2) is 7.65. The molecule has 1 fully saturated rings. The molecule has 0 atom stereocenters. The van der Waals surface area contributed by atoms with Crippen molar-refractivity contribution in [3.05, 3.63) is 51.9 Å². The summed E-state index contributed by atoms with van der Waals surface area (Å²) in [6.07, 6.45) is 5.93. The zero-order valence-electron chi connectivity index (χ0n) is 13.1. The fourth-order valence-corrected chi connectivity index (χ4v) is 4.14. The Morgan fingerprint density at radius 2 is 2.00 bits per heavy atom. The van der Waals surface area contributed by atoms with Crippen LogP contribution < -0.4 is 5.32 Å². The summed E-state index contributed by atoms with van der Waals surface area (Å²) in [4.78, 5) is 14.1. The number of carbonyl (C=O) groups excluding carboxylic acids is 1. The molecule has 0 spiro atoms. The Balaban J connectivity index is 1.78. The molecule has 0 saturated heterocycles. The highest BCUT2D eigenvalue weighted by atomic mass is 35.5. The van der Waals surface area contributed by atoms with Gasteiger partial charge in [-0.2, -0.15) is 5.26 Å². The molecule has 2 aromatic rings. The second-order valence-electron chi connectivity index (χ2n) is 5.81. The van der Waals surface area contributed by atoms with Gasteiger partial charge in [-0.1, -0.05) is 42.6 Å². The SMILES string of the molecule is N#C/C(=C\c1ccc(-c2ccccc2Cl)s1)C(=O)NC1CCCC1. The Labute approximate surface area is 150 Å². The zero-order valence-corrected chi connectivity index (χ0v) is 14.7. The predicted molar refractivity (Wildman–Crippen MR) is 98.8 cm³/mol. The molecule has 1 N–H and O–H groups in total. The van der Waals surface area contributed by atoms with Crippen LogP contribution in [0.1, 0.15) is 30.6 Å². The van der Waals surface area contributed by atoms with Gasteiger partial charge >= 0.3 is 0 Å². The number of nitrogens with one attached hydrogen (secondary N) is 1. The molecule has 1 aromatic carbocycles. The average Bonchev–Trinajstić information content (AvgIpc) is 3.24. The highest BCUT2D eigenvalue weighted by Crippen LogP contribution is 2.34. The van der Waals surface area contributed by atoms with Gasteiger partial charge in [0, 0.05) is 26.4 Å². The molecule has 24 heavy (non-hydrogen) atoms. The number of carbonyl (C=O) groups is 1. The van der Waals surface area contributed by atoms with E-state index in [0.29, 0.717) is 5.02 Å². The largest absolute Gasteiger partial charge is 0.349 e. The Kier molecular flexibility index (Phi) is 5.34. The van der Waals surface area contributed by atoms with Crippen molar-refractivity contribution >= 4 is 34.9 Å². The minimum absolute atomic E-state index is 0.148. The first-order valence-corrected chi connectivity index (χ1v) is 9.14. The van der Waals surface area contributed by atoms with Crippen LogP contribution in [0, 0.1) is 11.3 Å². The van der Waals surface area contributed by atoms with Crippen molar-refractivity contribution in [3.8, 4) is 16.5 Å². The number of amides is 1. The second-order valence-corrected chi connectivity index (χ2v) is 7.33. The molecule has 5 heteroatoms. The number of benzene rings is 1. The third kappa shape index (κ3) is 3.87. The van der Waals surface area contributed by atoms with Crippen LogP contribution in [0.2, 0.25) is 5.02 Å². The van der Waals surface area contributed by atoms with Crippen LogP contribution in [0.4, 0.5) is 0 Å². The normalized spacial score (nSPS) is 15.2. The molecule has 0 unspecified atom stereocenters. The van der Waals surface area contributed by atoms with E-state index in [1.807, 2.05) is 42.5 Å². The highest BCUT2D eigenvalue weighted by Gasteiger charge is 2.19. The minimum Gasteiger partial charge on any atom is -0.349 e. The number of hydrogen-bond acceptors (Lipinski definition) is 3. The van der Waals surface area contributed by atoms with Gasteiger partial charge in [0.2, 0.25) is 0 Å². The molecule has 1 heterocycles. The van der Waals surface area contributed by atoms with Gasteiger partial charge in [-0.25, -0.2) is 0 Å². The molecule has 1 aliphatic rings. The van der Waals surface area contributed by atoms with Crippen molar-refractivity contribution < 1.29 is 4.79 Å². The molecule has 0 radical (unpaired) electrons. The van der Waals surface area contributed by atoms with Crippen molar-refractivity contribution in [3.63, 3.8) is 0 Å². The maximum Gasteiger partial charge on any atom is 0.262 e. The summed E-state index contributed by atoms with van der Waals surface area (Å²) in [5.41, 5.74) is 1.10. The molecular formula is C19H17ClN2OS. The predicted octanol–water partition coefficient (Wildman–Crippen LogP) is 5.03. The van der Waals surface area contributed by atoms with Gasteiger partial charge in [0.05, 0.1) is 0 Å². The third-order valence-electron chi connectivity index (χ3n) is 4.11. The summed E-state index contributed by atoms with van der Waals surface area (Å²) < 4.78 is 0. The summed E-state index contributed by atoms with van der Waals surface area (Å²) in [6, 6.07) is 13.7. The fraction of sp³-hybridized carbons (Fsp3) is 0.263. The Bertz CT molecular complexity index is 813. The van der Waals surface area contributed by atoms with E-state index >= 15 is 0 Å². The molecule has 1 aromatic heterocycles. The number of rotatable bonds is 4. The minimum atomic E-state index is -0.280. The van der Waals surface area contributed by atoms with Crippen LogP contribution in [0.25, 0.3) is 16.5 Å². The molecule has 122 valence electrons. The molecule has 1 amide bonds. The van der Waals surface area contributed by atoms with E-state index < -0.39 is 0 Å². The van der Waals surface area contributed by atoms with Crippen LogP contribution >= 0.6 is 22.9 Å². The van der Waals surface area contributed by atoms with Crippen molar-refractivity contribution in [2.75, 3.05) is 0 Å². The van der Waals surface area contributed by atoms with Crippen LogP contribution in [0.3, 0.4) is 0 Å². The Hall–Kier alpha value is -2.09. The summed E-state index contributed by atoms with van der Waals surface area (Å²) in [7, 11) is 0. The van der Waals surface area contributed by atoms with Gasteiger partial charge in [-0.15, -0.1) is 11.3 Å². The van der Waals surface area contributed by atoms with Gasteiger partial charge in [0.25, 0.3) is 5.91 Å². The van der Waals surface area contributed by atoms with Gasteiger partial charge in [-0.3, -0.25) is 4.79 Å². The summed E-state index contributed by atoms with van der Waals surface area (Å²) >= 11 is 7.73. The van der Waals surface area contributed by atoms with Crippen molar-refractivity contribution in [2.24, 2.45) is 0 Å². The number of thiophene rings is 1. The third-order valence-corrected chi connectivity index (χ3v) is 5.50. The molecule has 3 rings (SSSR count). The Morgan fingerprint density at radius 3 is 2.71 bits per heavy atom. The molecule has 3 nitrogen and oxygen atoms in total. The quantitative estimate of drug-likeness (QED) is 0.616. The van der Waals surface area contributed by atoms with E-state index in [-0.39, 0.29) is 17.5 Å². The number of halogens is 1. The summed E-state index contributed by atoms with van der Waals surface area (Å²) in [5, 5.41) is 12.9. The molecule has 0 bridgehead atoms. The van der Waals surface area contributed by atoms with Gasteiger partial charge in [-0.05, 0) is 37.1 Å².